The van der Waals surface area contributed by atoms with Crippen LogP contribution in [-0.4, -0.2) is 34.1 Å². The van der Waals surface area contributed by atoms with Gasteiger partial charge in [-0.15, -0.1) is 11.6 Å². The van der Waals surface area contributed by atoms with Gasteiger partial charge in [-0.2, -0.15) is 5.10 Å². The van der Waals surface area contributed by atoms with E-state index in [1.54, 1.807) is 6.92 Å². The highest BCUT2D eigenvalue weighted by molar-refractivity contribution is 6.29. The summed E-state index contributed by atoms with van der Waals surface area (Å²) in [6.07, 6.45) is 1.40. The fourth-order valence-corrected chi connectivity index (χ4v) is 1.38. The summed E-state index contributed by atoms with van der Waals surface area (Å²) < 4.78 is 6.36. The van der Waals surface area contributed by atoms with E-state index < -0.39 is 11.9 Å². The topological polar surface area (TPSA) is 73.2 Å². The number of carbonyl (C=O) groups excluding carboxylic acids is 2. The zero-order valence-electron chi connectivity index (χ0n) is 9.70. The molecular formula is C10H14ClN3O3. The number of halogens is 1. The highest BCUT2D eigenvalue weighted by atomic mass is 35.5. The van der Waals surface area contributed by atoms with Crippen LogP contribution in [0.4, 0.5) is 5.69 Å². The fourth-order valence-electron chi connectivity index (χ4n) is 1.31. The van der Waals surface area contributed by atoms with Crippen LogP contribution in [0, 0.1) is 0 Å². The van der Waals surface area contributed by atoms with E-state index in [1.165, 1.54) is 10.9 Å². The average Bonchev–Trinajstić information content (AvgIpc) is 2.72. The third-order valence-electron chi connectivity index (χ3n) is 2.00. The summed E-state index contributed by atoms with van der Waals surface area (Å²) in [5, 5.41) is 6.48. The molecule has 0 atom stereocenters. The molecule has 1 amide bonds. The average molecular weight is 260 g/mol. The fraction of sp³-hybridized carbons (Fsp3) is 0.500. The minimum absolute atomic E-state index is 0.181. The van der Waals surface area contributed by atoms with Gasteiger partial charge in [0.2, 0.25) is 5.91 Å². The highest BCUT2D eigenvalue weighted by Gasteiger charge is 2.20. The van der Waals surface area contributed by atoms with Crippen LogP contribution in [0.3, 0.4) is 0 Å². The van der Waals surface area contributed by atoms with Crippen LogP contribution >= 0.6 is 11.6 Å². The van der Waals surface area contributed by atoms with E-state index in [-0.39, 0.29) is 18.2 Å². The molecule has 0 aliphatic carbocycles. The Labute approximate surface area is 104 Å². The summed E-state index contributed by atoms with van der Waals surface area (Å²) in [4.78, 5) is 22.9. The molecule has 1 N–H and O–H groups in total. The number of ether oxygens (including phenoxy) is 1. The smallest absolute Gasteiger partial charge is 0.358 e. The van der Waals surface area contributed by atoms with E-state index in [1.807, 2.05) is 6.92 Å². The second kappa shape index (κ2) is 6.24. The Morgan fingerprint density at radius 1 is 1.53 bits per heavy atom. The summed E-state index contributed by atoms with van der Waals surface area (Å²) in [7, 11) is 0. The lowest BCUT2D eigenvalue weighted by Gasteiger charge is -2.07. The maximum absolute atomic E-state index is 11.7. The standard InChI is InChI=1S/C10H14ClN3O3/c1-3-14-9(10(16)17-4-2)7(6-12-14)13-8(15)5-11/h6H,3-5H2,1-2H3,(H,13,15). The number of aromatic nitrogens is 2. The molecule has 0 aromatic carbocycles. The molecule has 0 radical (unpaired) electrons. The minimum atomic E-state index is -0.517. The van der Waals surface area contributed by atoms with Crippen molar-refractivity contribution in [2.24, 2.45) is 0 Å². The van der Waals surface area contributed by atoms with Crippen LogP contribution in [0.15, 0.2) is 6.20 Å². The van der Waals surface area contributed by atoms with E-state index in [4.69, 9.17) is 16.3 Å². The van der Waals surface area contributed by atoms with Gasteiger partial charge in [0.25, 0.3) is 0 Å². The van der Waals surface area contributed by atoms with Crippen LogP contribution in [0.1, 0.15) is 24.3 Å². The first-order valence-corrected chi connectivity index (χ1v) is 5.76. The van der Waals surface area contributed by atoms with Crippen molar-refractivity contribution in [1.29, 1.82) is 0 Å². The Morgan fingerprint density at radius 3 is 2.76 bits per heavy atom. The summed E-state index contributed by atoms with van der Waals surface area (Å²) in [5.41, 5.74) is 0.545. The van der Waals surface area contributed by atoms with Gasteiger partial charge in [-0.3, -0.25) is 9.48 Å². The second-order valence-electron chi connectivity index (χ2n) is 3.12. The molecule has 6 nitrogen and oxygen atoms in total. The van der Waals surface area contributed by atoms with Gasteiger partial charge >= 0.3 is 5.97 Å². The number of aryl methyl sites for hydroxylation is 1. The Morgan fingerprint density at radius 2 is 2.24 bits per heavy atom. The van der Waals surface area contributed by atoms with Crippen molar-refractivity contribution in [3.8, 4) is 0 Å². The predicted octanol–water partition coefficient (Wildman–Crippen LogP) is 1.26. The van der Waals surface area contributed by atoms with E-state index in [0.29, 0.717) is 12.2 Å². The summed E-state index contributed by atoms with van der Waals surface area (Å²) in [5.74, 6) is -1.09. The molecule has 0 spiro atoms. The number of nitrogens with one attached hydrogen (secondary N) is 1. The quantitative estimate of drug-likeness (QED) is 0.638. The molecule has 0 saturated heterocycles. The SMILES string of the molecule is CCOC(=O)c1c(NC(=O)CCl)cnn1CC. The lowest BCUT2D eigenvalue weighted by molar-refractivity contribution is -0.113. The lowest BCUT2D eigenvalue weighted by Crippen LogP contribution is -2.18. The summed E-state index contributed by atoms with van der Waals surface area (Å²) in [6.45, 7) is 4.31. The van der Waals surface area contributed by atoms with Crippen molar-refractivity contribution in [3.05, 3.63) is 11.9 Å². The molecule has 0 fully saturated rings. The van der Waals surface area contributed by atoms with Gasteiger partial charge in [0.05, 0.1) is 18.5 Å². The zero-order chi connectivity index (χ0) is 12.8. The number of nitrogens with zero attached hydrogens (tertiary/aromatic N) is 2. The molecule has 0 aliphatic heterocycles. The summed E-state index contributed by atoms with van der Waals surface area (Å²) >= 11 is 5.38. The number of hydrogen-bond donors (Lipinski definition) is 1. The van der Waals surface area contributed by atoms with Gasteiger partial charge in [0.1, 0.15) is 5.88 Å². The van der Waals surface area contributed by atoms with Gasteiger partial charge in [0, 0.05) is 6.54 Å². The van der Waals surface area contributed by atoms with Gasteiger partial charge < -0.3 is 10.1 Å². The van der Waals surface area contributed by atoms with E-state index in [0.717, 1.165) is 0 Å². The second-order valence-corrected chi connectivity index (χ2v) is 3.39. The molecule has 0 aliphatic rings. The zero-order valence-corrected chi connectivity index (χ0v) is 10.5. The number of hydrogen-bond acceptors (Lipinski definition) is 4. The third-order valence-corrected chi connectivity index (χ3v) is 2.25. The number of esters is 1. The number of anilines is 1. The number of alkyl halides is 1. The Hall–Kier alpha value is -1.56. The van der Waals surface area contributed by atoms with Gasteiger partial charge in [-0.05, 0) is 13.8 Å². The minimum Gasteiger partial charge on any atom is -0.461 e. The van der Waals surface area contributed by atoms with Crippen molar-refractivity contribution < 1.29 is 14.3 Å². The Balaban J connectivity index is 3.01. The predicted molar refractivity (Wildman–Crippen MR) is 63.2 cm³/mol. The molecule has 0 unspecified atom stereocenters. The van der Waals surface area contributed by atoms with E-state index in [9.17, 15) is 9.59 Å². The van der Waals surface area contributed by atoms with Crippen molar-refractivity contribution >= 4 is 29.2 Å². The van der Waals surface area contributed by atoms with E-state index >= 15 is 0 Å². The van der Waals surface area contributed by atoms with Crippen molar-refractivity contribution in [1.82, 2.24) is 9.78 Å². The lowest BCUT2D eigenvalue weighted by atomic mass is 10.3. The van der Waals surface area contributed by atoms with E-state index in [2.05, 4.69) is 10.4 Å². The molecule has 17 heavy (non-hydrogen) atoms. The first-order chi connectivity index (χ1) is 8.13. The molecule has 0 bridgehead atoms. The summed E-state index contributed by atoms with van der Waals surface area (Å²) in [6, 6.07) is 0. The first-order valence-electron chi connectivity index (χ1n) is 5.22. The van der Waals surface area contributed by atoms with Crippen LogP contribution in [-0.2, 0) is 16.1 Å². The molecule has 1 rings (SSSR count). The number of rotatable bonds is 5. The van der Waals surface area contributed by atoms with Gasteiger partial charge in [0.15, 0.2) is 5.69 Å². The van der Waals surface area contributed by atoms with Gasteiger partial charge in [-0.25, -0.2) is 4.79 Å². The Bertz CT molecular complexity index is 417. The van der Waals surface area contributed by atoms with Crippen LogP contribution in [0.25, 0.3) is 0 Å². The number of amides is 1. The highest BCUT2D eigenvalue weighted by Crippen LogP contribution is 2.16. The maximum Gasteiger partial charge on any atom is 0.358 e. The molecular weight excluding hydrogens is 246 g/mol. The van der Waals surface area contributed by atoms with Gasteiger partial charge in [-0.1, -0.05) is 0 Å². The first kappa shape index (κ1) is 13.5. The van der Waals surface area contributed by atoms with Crippen LogP contribution in [0.5, 0.6) is 0 Å². The molecule has 1 aromatic rings. The van der Waals surface area contributed by atoms with Crippen LogP contribution < -0.4 is 5.32 Å². The maximum atomic E-state index is 11.7. The molecule has 1 heterocycles. The molecule has 0 saturated carbocycles. The molecule has 94 valence electrons. The van der Waals surface area contributed by atoms with Crippen LogP contribution in [0.2, 0.25) is 0 Å². The normalized spacial score (nSPS) is 10.1. The number of carbonyl (C=O) groups is 2. The Kier molecular flexibility index (Phi) is 4.96. The van der Waals surface area contributed by atoms with Crippen molar-refractivity contribution in [2.75, 3.05) is 17.8 Å². The van der Waals surface area contributed by atoms with Crippen molar-refractivity contribution in [2.45, 2.75) is 20.4 Å². The monoisotopic (exact) mass is 259 g/mol. The molecule has 1 aromatic heterocycles. The largest absolute Gasteiger partial charge is 0.461 e. The molecule has 7 heteroatoms. The third kappa shape index (κ3) is 3.20. The van der Waals surface area contributed by atoms with Crippen molar-refractivity contribution in [3.63, 3.8) is 0 Å².